The summed E-state index contributed by atoms with van der Waals surface area (Å²) in [6.45, 7) is 0. The van der Waals surface area contributed by atoms with Crippen molar-refractivity contribution in [2.45, 2.75) is 24.9 Å². The van der Waals surface area contributed by atoms with Gasteiger partial charge in [-0.1, -0.05) is 10.3 Å². The lowest BCUT2D eigenvalue weighted by molar-refractivity contribution is 0.0872. The standard InChI is InChI=1S/C8H9N5O2/c9-13-12-6-3-5(4-6)11-8(14)7-1-2-10-15-7/h1-2,5-6H,3-4H2,(H,11,14). The molecule has 0 radical (unpaired) electrons. The van der Waals surface area contributed by atoms with Crippen molar-refractivity contribution in [3.63, 3.8) is 0 Å². The van der Waals surface area contributed by atoms with E-state index in [0.29, 0.717) is 12.8 Å². The van der Waals surface area contributed by atoms with Crippen LogP contribution >= 0.6 is 0 Å². The number of rotatable bonds is 3. The molecule has 7 nitrogen and oxygen atoms in total. The predicted octanol–water partition coefficient (Wildman–Crippen LogP) is 1.25. The minimum absolute atomic E-state index is 0.00928. The Morgan fingerprint density at radius 1 is 1.73 bits per heavy atom. The van der Waals surface area contributed by atoms with Crippen molar-refractivity contribution in [2.24, 2.45) is 5.11 Å². The van der Waals surface area contributed by atoms with Crippen LogP contribution in [0.3, 0.4) is 0 Å². The molecule has 0 aromatic carbocycles. The Morgan fingerprint density at radius 2 is 2.53 bits per heavy atom. The molecular weight excluding hydrogens is 198 g/mol. The number of carbonyl (C=O) groups is 1. The largest absolute Gasteiger partial charge is 0.351 e. The van der Waals surface area contributed by atoms with Crippen molar-refractivity contribution in [3.05, 3.63) is 28.5 Å². The maximum absolute atomic E-state index is 11.4. The van der Waals surface area contributed by atoms with E-state index in [9.17, 15) is 4.79 Å². The zero-order valence-corrected chi connectivity index (χ0v) is 7.83. The monoisotopic (exact) mass is 207 g/mol. The third-order valence-corrected chi connectivity index (χ3v) is 2.32. The zero-order valence-electron chi connectivity index (χ0n) is 7.83. The molecule has 1 aromatic heterocycles. The molecule has 78 valence electrons. The number of aromatic nitrogens is 1. The van der Waals surface area contributed by atoms with Crippen LogP contribution in [0.4, 0.5) is 0 Å². The first-order chi connectivity index (χ1) is 7.29. The van der Waals surface area contributed by atoms with Gasteiger partial charge < -0.3 is 9.84 Å². The molecular formula is C8H9N5O2. The molecule has 0 atom stereocenters. The summed E-state index contributed by atoms with van der Waals surface area (Å²) in [5.41, 5.74) is 8.17. The maximum atomic E-state index is 11.4. The van der Waals surface area contributed by atoms with Gasteiger partial charge in [0.2, 0.25) is 5.76 Å². The van der Waals surface area contributed by atoms with Crippen molar-refractivity contribution in [1.82, 2.24) is 10.5 Å². The fourth-order valence-electron chi connectivity index (χ4n) is 1.46. The first-order valence-electron chi connectivity index (χ1n) is 4.55. The number of nitrogens with one attached hydrogen (secondary N) is 1. The topological polar surface area (TPSA) is 104 Å². The van der Waals surface area contributed by atoms with Crippen LogP contribution in [-0.4, -0.2) is 23.1 Å². The predicted molar refractivity (Wildman–Crippen MR) is 49.9 cm³/mol. The summed E-state index contributed by atoms with van der Waals surface area (Å²) in [6, 6.07) is 1.58. The fourth-order valence-corrected chi connectivity index (χ4v) is 1.46. The van der Waals surface area contributed by atoms with E-state index >= 15 is 0 Å². The highest BCUT2D eigenvalue weighted by atomic mass is 16.5. The van der Waals surface area contributed by atoms with Gasteiger partial charge in [-0.3, -0.25) is 4.79 Å². The van der Waals surface area contributed by atoms with E-state index < -0.39 is 0 Å². The molecule has 1 aliphatic rings. The van der Waals surface area contributed by atoms with Gasteiger partial charge in [-0.15, -0.1) is 0 Å². The highest BCUT2D eigenvalue weighted by Gasteiger charge is 2.30. The van der Waals surface area contributed by atoms with Gasteiger partial charge in [-0.25, -0.2) is 0 Å². The Balaban J connectivity index is 1.80. The normalized spacial score (nSPS) is 23.7. The van der Waals surface area contributed by atoms with Gasteiger partial charge in [0.05, 0.1) is 6.20 Å². The quantitative estimate of drug-likeness (QED) is 0.458. The van der Waals surface area contributed by atoms with Crippen molar-refractivity contribution >= 4 is 5.91 Å². The Kier molecular flexibility index (Phi) is 2.55. The van der Waals surface area contributed by atoms with E-state index in [2.05, 4.69) is 20.5 Å². The molecule has 1 aromatic rings. The summed E-state index contributed by atoms with van der Waals surface area (Å²) in [5.74, 6) is -0.0841. The third kappa shape index (κ3) is 2.08. The second kappa shape index (κ2) is 4.02. The Labute approximate surface area is 85.1 Å². The molecule has 1 fully saturated rings. The van der Waals surface area contributed by atoms with Gasteiger partial charge in [0.15, 0.2) is 0 Å². The highest BCUT2D eigenvalue weighted by Crippen LogP contribution is 2.23. The van der Waals surface area contributed by atoms with Crippen molar-refractivity contribution in [2.75, 3.05) is 0 Å². The van der Waals surface area contributed by atoms with Gasteiger partial charge in [0.25, 0.3) is 5.91 Å². The average molecular weight is 207 g/mol. The van der Waals surface area contributed by atoms with E-state index in [4.69, 9.17) is 10.1 Å². The number of hydrogen-bond acceptors (Lipinski definition) is 4. The maximum Gasteiger partial charge on any atom is 0.290 e. The minimum atomic E-state index is -0.281. The molecule has 2 rings (SSSR count). The number of amides is 1. The molecule has 7 heteroatoms. The van der Waals surface area contributed by atoms with Gasteiger partial charge in [-0.05, 0) is 18.4 Å². The van der Waals surface area contributed by atoms with Crippen LogP contribution in [0, 0.1) is 0 Å². The smallest absolute Gasteiger partial charge is 0.290 e. The van der Waals surface area contributed by atoms with Gasteiger partial charge in [-0.2, -0.15) is 0 Å². The average Bonchev–Trinajstić information content (AvgIpc) is 2.67. The van der Waals surface area contributed by atoms with Crippen LogP contribution in [0.2, 0.25) is 0 Å². The lowest BCUT2D eigenvalue weighted by Crippen LogP contribution is -2.45. The third-order valence-electron chi connectivity index (χ3n) is 2.32. The van der Waals surface area contributed by atoms with E-state index in [0.717, 1.165) is 0 Å². The molecule has 1 aliphatic carbocycles. The number of carbonyl (C=O) groups excluding carboxylic acids is 1. The first-order valence-corrected chi connectivity index (χ1v) is 4.55. The van der Waals surface area contributed by atoms with Crippen LogP contribution in [0.5, 0.6) is 0 Å². The van der Waals surface area contributed by atoms with Crippen molar-refractivity contribution in [3.8, 4) is 0 Å². The highest BCUT2D eigenvalue weighted by molar-refractivity contribution is 5.91. The summed E-state index contributed by atoms with van der Waals surface area (Å²) in [5, 5.41) is 9.73. The molecule has 1 heterocycles. The molecule has 0 aliphatic heterocycles. The molecule has 0 bridgehead atoms. The summed E-state index contributed by atoms with van der Waals surface area (Å²) >= 11 is 0. The molecule has 0 saturated heterocycles. The summed E-state index contributed by atoms with van der Waals surface area (Å²) in [4.78, 5) is 14.1. The van der Waals surface area contributed by atoms with E-state index in [-0.39, 0.29) is 23.8 Å². The van der Waals surface area contributed by atoms with Crippen LogP contribution in [0.1, 0.15) is 23.4 Å². The Morgan fingerprint density at radius 3 is 3.13 bits per heavy atom. The first kappa shape index (κ1) is 9.54. The van der Waals surface area contributed by atoms with Crippen molar-refractivity contribution in [1.29, 1.82) is 0 Å². The van der Waals surface area contributed by atoms with Crippen LogP contribution in [-0.2, 0) is 0 Å². The molecule has 0 unspecified atom stereocenters. The molecule has 1 saturated carbocycles. The summed E-state index contributed by atoms with van der Waals surface area (Å²) in [7, 11) is 0. The number of azide groups is 1. The minimum Gasteiger partial charge on any atom is -0.351 e. The second-order valence-electron chi connectivity index (χ2n) is 3.38. The summed E-state index contributed by atoms with van der Waals surface area (Å²) in [6.07, 6.45) is 2.78. The molecule has 1 amide bonds. The van der Waals surface area contributed by atoms with Crippen LogP contribution in [0.25, 0.3) is 10.4 Å². The van der Waals surface area contributed by atoms with E-state index in [1.54, 1.807) is 0 Å². The Bertz CT molecular complexity index is 389. The fraction of sp³-hybridized carbons (Fsp3) is 0.500. The lowest BCUT2D eigenvalue weighted by Gasteiger charge is -2.32. The van der Waals surface area contributed by atoms with Gasteiger partial charge >= 0.3 is 0 Å². The molecule has 15 heavy (non-hydrogen) atoms. The second-order valence-corrected chi connectivity index (χ2v) is 3.38. The van der Waals surface area contributed by atoms with Crippen LogP contribution in [0.15, 0.2) is 21.9 Å². The summed E-state index contributed by atoms with van der Waals surface area (Å²) < 4.78 is 4.70. The van der Waals surface area contributed by atoms with Gasteiger partial charge in [0, 0.05) is 23.1 Å². The number of nitrogens with zero attached hydrogens (tertiary/aromatic N) is 4. The SMILES string of the molecule is [N-]=[N+]=NC1CC(NC(=O)c2ccno2)C1. The number of hydrogen-bond donors (Lipinski definition) is 1. The zero-order chi connectivity index (χ0) is 10.7. The molecule has 1 N–H and O–H groups in total. The lowest BCUT2D eigenvalue weighted by atomic mass is 9.87. The van der Waals surface area contributed by atoms with Crippen LogP contribution < -0.4 is 5.32 Å². The van der Waals surface area contributed by atoms with Gasteiger partial charge in [0.1, 0.15) is 0 Å². The van der Waals surface area contributed by atoms with Crippen molar-refractivity contribution < 1.29 is 9.32 Å². The van der Waals surface area contributed by atoms with E-state index in [1.807, 2.05) is 0 Å². The van der Waals surface area contributed by atoms with E-state index in [1.165, 1.54) is 12.3 Å². The molecule has 0 spiro atoms. The Hall–Kier alpha value is -2.01.